The molecule has 2 rings (SSSR count). The third-order valence-electron chi connectivity index (χ3n) is 2.54. The molecule has 0 aliphatic heterocycles. The Morgan fingerprint density at radius 2 is 2.21 bits per heavy atom. The highest BCUT2D eigenvalue weighted by molar-refractivity contribution is 9.10. The van der Waals surface area contributed by atoms with Gasteiger partial charge in [0.05, 0.1) is 18.1 Å². The van der Waals surface area contributed by atoms with Crippen LogP contribution < -0.4 is 10.1 Å². The second-order valence-electron chi connectivity index (χ2n) is 4.40. The van der Waals surface area contributed by atoms with Gasteiger partial charge >= 0.3 is 0 Å². The van der Waals surface area contributed by atoms with Crippen molar-refractivity contribution >= 4 is 15.9 Å². The van der Waals surface area contributed by atoms with Crippen LogP contribution in [0.1, 0.15) is 19.7 Å². The molecule has 5 nitrogen and oxygen atoms in total. The number of benzene rings is 1. The molecule has 0 bridgehead atoms. The first-order valence-electron chi connectivity index (χ1n) is 6.00. The molecule has 102 valence electrons. The summed E-state index contributed by atoms with van der Waals surface area (Å²) in [5.41, 5.74) is 0.882. The fourth-order valence-corrected chi connectivity index (χ4v) is 2.08. The van der Waals surface area contributed by atoms with E-state index in [0.717, 1.165) is 15.8 Å². The molecule has 0 aliphatic carbocycles. The Labute approximate surface area is 120 Å². The Kier molecular flexibility index (Phi) is 4.55. The molecule has 0 saturated carbocycles. The average Bonchev–Trinajstić information content (AvgIpc) is 2.85. The number of methoxy groups -OCH3 is 1. The van der Waals surface area contributed by atoms with E-state index >= 15 is 0 Å². The molecule has 0 spiro atoms. The zero-order valence-corrected chi connectivity index (χ0v) is 12.7. The molecule has 0 fully saturated rings. The largest absolute Gasteiger partial charge is 0.496 e. The zero-order chi connectivity index (χ0) is 13.8. The van der Waals surface area contributed by atoms with E-state index in [2.05, 4.69) is 45.2 Å². The van der Waals surface area contributed by atoms with Crippen LogP contribution in [-0.2, 0) is 6.54 Å². The van der Waals surface area contributed by atoms with Gasteiger partial charge in [-0.3, -0.25) is 0 Å². The van der Waals surface area contributed by atoms with Crippen molar-refractivity contribution in [2.45, 2.75) is 26.4 Å². The summed E-state index contributed by atoms with van der Waals surface area (Å²) in [6.45, 7) is 4.71. The number of rotatable bonds is 5. The highest BCUT2D eigenvalue weighted by atomic mass is 79.9. The lowest BCUT2D eigenvalue weighted by Gasteiger charge is -2.03. The molecule has 0 atom stereocenters. The topological polar surface area (TPSA) is 60.2 Å². The van der Waals surface area contributed by atoms with Gasteiger partial charge in [-0.25, -0.2) is 0 Å². The summed E-state index contributed by atoms with van der Waals surface area (Å²) < 4.78 is 11.2. The summed E-state index contributed by atoms with van der Waals surface area (Å²) in [4.78, 5) is 4.35. The summed E-state index contributed by atoms with van der Waals surface area (Å²) >= 11 is 3.44. The molecule has 1 aromatic carbocycles. The van der Waals surface area contributed by atoms with Gasteiger partial charge in [0.25, 0.3) is 0 Å². The van der Waals surface area contributed by atoms with Crippen LogP contribution in [0, 0.1) is 0 Å². The molecule has 1 aromatic heterocycles. The summed E-state index contributed by atoms with van der Waals surface area (Å²) in [5.74, 6) is 1.92. The average molecular weight is 326 g/mol. The molecule has 19 heavy (non-hydrogen) atoms. The number of nitrogens with zero attached hydrogens (tertiary/aromatic N) is 2. The Balaban J connectivity index is 2.16. The monoisotopic (exact) mass is 325 g/mol. The predicted octanol–water partition coefficient (Wildman–Crippen LogP) is 3.01. The Morgan fingerprint density at radius 3 is 2.84 bits per heavy atom. The number of hydrogen-bond acceptors (Lipinski definition) is 5. The Morgan fingerprint density at radius 1 is 1.42 bits per heavy atom. The lowest BCUT2D eigenvalue weighted by molar-refractivity contribution is 0.362. The number of aromatic nitrogens is 2. The van der Waals surface area contributed by atoms with E-state index < -0.39 is 0 Å². The summed E-state index contributed by atoms with van der Waals surface area (Å²) in [5, 5.41) is 7.20. The van der Waals surface area contributed by atoms with Gasteiger partial charge in [-0.2, -0.15) is 4.98 Å². The van der Waals surface area contributed by atoms with Crippen molar-refractivity contribution in [3.8, 4) is 17.1 Å². The van der Waals surface area contributed by atoms with Crippen molar-refractivity contribution in [2.75, 3.05) is 7.11 Å². The van der Waals surface area contributed by atoms with Gasteiger partial charge in [-0.05, 0) is 34.1 Å². The van der Waals surface area contributed by atoms with Gasteiger partial charge in [0.15, 0.2) is 0 Å². The first kappa shape index (κ1) is 14.0. The van der Waals surface area contributed by atoms with Crippen LogP contribution in [0.4, 0.5) is 0 Å². The van der Waals surface area contributed by atoms with Crippen LogP contribution >= 0.6 is 15.9 Å². The van der Waals surface area contributed by atoms with Gasteiger partial charge in [-0.1, -0.05) is 19.0 Å². The molecule has 0 radical (unpaired) electrons. The number of halogens is 1. The van der Waals surface area contributed by atoms with Crippen molar-refractivity contribution in [2.24, 2.45) is 0 Å². The van der Waals surface area contributed by atoms with E-state index in [1.54, 1.807) is 7.11 Å². The lowest BCUT2D eigenvalue weighted by Crippen LogP contribution is -2.21. The molecule has 0 aliphatic rings. The minimum absolute atomic E-state index is 0.380. The minimum Gasteiger partial charge on any atom is -0.496 e. The third kappa shape index (κ3) is 3.54. The molecule has 0 saturated heterocycles. The SMILES string of the molecule is COc1ccc(-c2noc(CNC(C)C)n2)cc1Br. The standard InChI is InChI=1S/C13H16BrN3O2/c1-8(2)15-7-12-16-13(17-19-12)9-4-5-11(18-3)10(14)6-9/h4-6,8,15H,7H2,1-3H3. The van der Waals surface area contributed by atoms with Gasteiger partial charge in [0.1, 0.15) is 5.75 Å². The molecule has 0 unspecified atom stereocenters. The van der Waals surface area contributed by atoms with Crippen molar-refractivity contribution < 1.29 is 9.26 Å². The van der Waals surface area contributed by atoms with Gasteiger partial charge < -0.3 is 14.6 Å². The fourth-order valence-electron chi connectivity index (χ4n) is 1.54. The number of nitrogens with one attached hydrogen (secondary N) is 1. The van der Waals surface area contributed by atoms with E-state index in [0.29, 0.717) is 24.3 Å². The maximum absolute atomic E-state index is 5.20. The molecule has 1 heterocycles. The molecular formula is C13H16BrN3O2. The van der Waals surface area contributed by atoms with Crippen LogP contribution in [0.15, 0.2) is 27.2 Å². The Hall–Kier alpha value is -1.40. The summed E-state index contributed by atoms with van der Waals surface area (Å²) in [7, 11) is 1.63. The maximum atomic E-state index is 5.20. The van der Waals surface area contributed by atoms with Crippen molar-refractivity contribution in [1.82, 2.24) is 15.5 Å². The molecule has 6 heteroatoms. The van der Waals surface area contributed by atoms with Gasteiger partial charge in [0, 0.05) is 11.6 Å². The predicted molar refractivity (Wildman–Crippen MR) is 76.0 cm³/mol. The highest BCUT2D eigenvalue weighted by Crippen LogP contribution is 2.29. The molecular weight excluding hydrogens is 310 g/mol. The lowest BCUT2D eigenvalue weighted by atomic mass is 10.2. The highest BCUT2D eigenvalue weighted by Gasteiger charge is 2.10. The zero-order valence-electron chi connectivity index (χ0n) is 11.1. The molecule has 2 aromatic rings. The summed E-state index contributed by atoms with van der Waals surface area (Å²) in [6.07, 6.45) is 0. The van der Waals surface area contributed by atoms with E-state index in [-0.39, 0.29) is 0 Å². The fraction of sp³-hybridized carbons (Fsp3) is 0.385. The van der Waals surface area contributed by atoms with E-state index in [4.69, 9.17) is 9.26 Å². The molecule has 0 amide bonds. The second kappa shape index (κ2) is 6.16. The van der Waals surface area contributed by atoms with Gasteiger partial charge in [-0.15, -0.1) is 0 Å². The number of hydrogen-bond donors (Lipinski definition) is 1. The first-order chi connectivity index (χ1) is 9.10. The normalized spacial score (nSPS) is 11.0. The van der Waals surface area contributed by atoms with Crippen LogP contribution in [-0.4, -0.2) is 23.3 Å². The first-order valence-corrected chi connectivity index (χ1v) is 6.79. The third-order valence-corrected chi connectivity index (χ3v) is 3.16. The van der Waals surface area contributed by atoms with Crippen molar-refractivity contribution in [1.29, 1.82) is 0 Å². The van der Waals surface area contributed by atoms with Crippen molar-refractivity contribution in [3.63, 3.8) is 0 Å². The quantitative estimate of drug-likeness (QED) is 0.915. The second-order valence-corrected chi connectivity index (χ2v) is 5.25. The van der Waals surface area contributed by atoms with Crippen LogP contribution in [0.25, 0.3) is 11.4 Å². The van der Waals surface area contributed by atoms with Gasteiger partial charge in [0.2, 0.25) is 11.7 Å². The minimum atomic E-state index is 0.380. The number of ether oxygens (including phenoxy) is 1. The smallest absolute Gasteiger partial charge is 0.240 e. The van der Waals surface area contributed by atoms with Crippen LogP contribution in [0.5, 0.6) is 5.75 Å². The maximum Gasteiger partial charge on any atom is 0.240 e. The summed E-state index contributed by atoms with van der Waals surface area (Å²) in [6, 6.07) is 6.05. The van der Waals surface area contributed by atoms with Crippen molar-refractivity contribution in [3.05, 3.63) is 28.6 Å². The molecule has 1 N–H and O–H groups in total. The Bertz CT molecular complexity index is 555. The van der Waals surface area contributed by atoms with Crippen LogP contribution in [0.3, 0.4) is 0 Å². The van der Waals surface area contributed by atoms with Crippen LogP contribution in [0.2, 0.25) is 0 Å². The van der Waals surface area contributed by atoms with E-state index in [9.17, 15) is 0 Å². The van der Waals surface area contributed by atoms with E-state index in [1.165, 1.54) is 0 Å². The van der Waals surface area contributed by atoms with E-state index in [1.807, 2.05) is 18.2 Å².